The Balaban J connectivity index is 0.802. The van der Waals surface area contributed by atoms with E-state index in [1.807, 2.05) is 54.2 Å². The van der Waals surface area contributed by atoms with Gasteiger partial charge in [-0.15, -0.1) is 0 Å². The lowest BCUT2D eigenvalue weighted by Gasteiger charge is -2.43. The maximum Gasteiger partial charge on any atom is 0.329 e. The Hall–Kier alpha value is -5.54. The number of anilines is 6. The smallest absolute Gasteiger partial charge is 0.329 e. The predicted octanol–water partition coefficient (Wildman–Crippen LogP) is 6.86. The Bertz CT molecular complexity index is 2620. The number of nitrogens with two attached hydrogens (primary N) is 1. The molecule has 0 unspecified atom stereocenters. The van der Waals surface area contributed by atoms with Crippen LogP contribution in [0.1, 0.15) is 66.9 Å². The van der Waals surface area contributed by atoms with Crippen LogP contribution in [0.2, 0.25) is 5.02 Å². The monoisotopic (exact) mass is 922 g/mol. The zero-order valence-corrected chi connectivity index (χ0v) is 39.4. The lowest BCUT2D eigenvalue weighted by atomic mass is 9.98. The maximum atomic E-state index is 13.0. The number of nitrogens with one attached hydrogen (secondary N) is 3. The number of carbonyl (C=O) groups excluding carboxylic acids is 3. The third-order valence-electron chi connectivity index (χ3n) is 13.0. The van der Waals surface area contributed by atoms with Crippen LogP contribution in [0.5, 0.6) is 0 Å². The zero-order chi connectivity index (χ0) is 45.8. The molecule has 3 aromatic carbocycles. The second kappa shape index (κ2) is 19.9. The van der Waals surface area contributed by atoms with Crippen molar-refractivity contribution in [2.75, 3.05) is 86.1 Å². The van der Waals surface area contributed by atoms with Gasteiger partial charge in [0.1, 0.15) is 12.2 Å². The highest BCUT2D eigenvalue weighted by Crippen LogP contribution is 2.39. The van der Waals surface area contributed by atoms with E-state index in [1.54, 1.807) is 18.2 Å². The van der Waals surface area contributed by atoms with Crippen LogP contribution < -0.4 is 36.8 Å². The molecule has 344 valence electrons. The van der Waals surface area contributed by atoms with E-state index in [1.165, 1.54) is 18.2 Å². The van der Waals surface area contributed by atoms with Gasteiger partial charge >= 0.3 is 6.03 Å². The molecular weight excluding hydrogens is 863 g/mol. The Morgan fingerprint density at radius 3 is 2.43 bits per heavy atom. The Labute approximate surface area is 385 Å². The van der Waals surface area contributed by atoms with E-state index in [0.29, 0.717) is 51.5 Å². The first-order valence-electron chi connectivity index (χ1n) is 22.7. The molecule has 16 nitrogen and oxygen atoms in total. The number of para-hydroxylation sites is 1. The second-order valence-corrected chi connectivity index (χ2v) is 21.3. The number of halogens is 1. The average molecular weight is 924 g/mol. The summed E-state index contributed by atoms with van der Waals surface area (Å²) >= 11 is 6.51. The second-order valence-electron chi connectivity index (χ2n) is 17.7. The van der Waals surface area contributed by atoms with Gasteiger partial charge in [-0.2, -0.15) is 10.1 Å². The van der Waals surface area contributed by atoms with Crippen LogP contribution in [-0.4, -0.2) is 119 Å². The van der Waals surface area contributed by atoms with Gasteiger partial charge < -0.3 is 30.7 Å². The third-order valence-corrected chi connectivity index (χ3v) is 14.8. The zero-order valence-electron chi connectivity index (χ0n) is 37.8. The van der Waals surface area contributed by atoms with E-state index in [0.717, 1.165) is 106 Å². The van der Waals surface area contributed by atoms with Crippen molar-refractivity contribution in [1.82, 2.24) is 34.9 Å². The summed E-state index contributed by atoms with van der Waals surface area (Å²) in [5.74, 6) is 0.378. The molecular formula is C47H60ClN12O4P. The lowest BCUT2D eigenvalue weighted by molar-refractivity contribution is -0.120. The number of piperidine rings is 1. The van der Waals surface area contributed by atoms with Gasteiger partial charge in [0, 0.05) is 81.7 Å². The standard InChI is InChI=1S/C47H60ClN12O4P/c1-5-32-28-38(52-46-50-30-36(48)44(54-46)51-37-12-8-9-13-41(37)65(3,4)64)35(43(49)62)29-39(32)59-20-16-33(17-21-59)58-25-23-57(24-26-58)19-10-6-7-11-31-14-15-34-40(27-31)56(2)55-45(34)60-22-18-42(61)53-47(60)63/h8-9,12-15,27-30,33H,5-7,10-11,16-26H2,1-4H3,(H2,49,62)(H,53,61,63)(H2,50,51,52,54). The Morgan fingerprint density at radius 2 is 1.71 bits per heavy atom. The molecule has 65 heavy (non-hydrogen) atoms. The van der Waals surface area contributed by atoms with Gasteiger partial charge in [0.25, 0.3) is 5.91 Å². The number of nitrogens with zero attached hydrogens (tertiary/aromatic N) is 8. The average Bonchev–Trinajstić information content (AvgIpc) is 3.61. The molecule has 5 heterocycles. The fourth-order valence-electron chi connectivity index (χ4n) is 9.40. The summed E-state index contributed by atoms with van der Waals surface area (Å²) in [4.78, 5) is 55.3. The number of aromatic nitrogens is 4. The van der Waals surface area contributed by atoms with E-state index < -0.39 is 19.1 Å². The van der Waals surface area contributed by atoms with Crippen LogP contribution in [0, 0.1) is 0 Å². The first-order chi connectivity index (χ1) is 31.2. The number of unbranched alkanes of at least 4 members (excludes halogenated alkanes) is 2. The number of aryl methyl sites for hydroxylation is 3. The number of hydrogen-bond acceptors (Lipinski definition) is 12. The van der Waals surface area contributed by atoms with Crippen molar-refractivity contribution in [3.63, 3.8) is 0 Å². The molecule has 3 saturated heterocycles. The number of rotatable bonds is 16. The SMILES string of the molecule is CCc1cc(Nc2ncc(Cl)c(Nc3ccccc3P(C)(C)=O)n2)c(C(N)=O)cc1N1CCC(N2CCN(CCCCCc3ccc4c(N5CCC(=O)NC5=O)nn(C)c4c3)CC2)CC1. The molecule has 0 radical (unpaired) electrons. The highest BCUT2D eigenvalue weighted by atomic mass is 35.5. The van der Waals surface area contributed by atoms with Gasteiger partial charge in [-0.3, -0.25) is 29.4 Å². The van der Waals surface area contributed by atoms with Crippen molar-refractivity contribution >= 4 is 87.4 Å². The number of amides is 4. The number of urea groups is 1. The van der Waals surface area contributed by atoms with Crippen molar-refractivity contribution in [2.24, 2.45) is 12.8 Å². The first kappa shape index (κ1) is 46.0. The molecule has 4 amide bonds. The van der Waals surface area contributed by atoms with E-state index >= 15 is 0 Å². The minimum Gasteiger partial charge on any atom is -0.371 e. The molecule has 3 fully saturated rings. The number of primary amides is 1. The maximum absolute atomic E-state index is 13.0. The van der Waals surface area contributed by atoms with Gasteiger partial charge in [0.2, 0.25) is 11.9 Å². The molecule has 0 aliphatic carbocycles. The summed E-state index contributed by atoms with van der Waals surface area (Å²) < 4.78 is 14.8. The summed E-state index contributed by atoms with van der Waals surface area (Å²) in [7, 11) is -0.695. The van der Waals surface area contributed by atoms with Crippen molar-refractivity contribution in [2.45, 2.75) is 64.3 Å². The van der Waals surface area contributed by atoms with Crippen LogP contribution in [-0.2, 0) is 29.2 Å². The van der Waals surface area contributed by atoms with Crippen molar-refractivity contribution in [1.29, 1.82) is 0 Å². The predicted molar refractivity (Wildman–Crippen MR) is 260 cm³/mol. The summed E-state index contributed by atoms with van der Waals surface area (Å²) in [6.07, 6.45) is 9.06. The molecule has 0 saturated carbocycles. The minimum atomic E-state index is -2.59. The van der Waals surface area contributed by atoms with Crippen LogP contribution in [0.3, 0.4) is 0 Å². The fourth-order valence-corrected chi connectivity index (χ4v) is 10.7. The first-order valence-corrected chi connectivity index (χ1v) is 25.7. The molecule has 0 bridgehead atoms. The highest BCUT2D eigenvalue weighted by molar-refractivity contribution is 7.70. The third kappa shape index (κ3) is 10.6. The van der Waals surface area contributed by atoms with Crippen LogP contribution in [0.4, 0.5) is 39.4 Å². The Kier molecular flexibility index (Phi) is 14.1. The van der Waals surface area contributed by atoms with E-state index in [2.05, 4.69) is 64.8 Å². The van der Waals surface area contributed by atoms with Gasteiger partial charge in [-0.1, -0.05) is 43.1 Å². The molecule has 3 aliphatic heterocycles. The summed E-state index contributed by atoms with van der Waals surface area (Å²) in [5.41, 5.74) is 11.9. The molecule has 8 rings (SSSR count). The molecule has 0 atom stereocenters. The summed E-state index contributed by atoms with van der Waals surface area (Å²) in [6.45, 7) is 13.1. The number of benzene rings is 3. The number of piperazine rings is 1. The normalized spacial score (nSPS) is 16.9. The number of hydrogen-bond donors (Lipinski definition) is 4. The lowest BCUT2D eigenvalue weighted by Crippen LogP contribution is -2.53. The molecule has 18 heteroatoms. The van der Waals surface area contributed by atoms with Gasteiger partial charge in [-0.25, -0.2) is 9.78 Å². The Morgan fingerprint density at radius 1 is 0.938 bits per heavy atom. The molecule has 2 aromatic heterocycles. The minimum absolute atomic E-state index is 0.239. The largest absolute Gasteiger partial charge is 0.371 e. The van der Waals surface area contributed by atoms with Crippen LogP contribution in [0.25, 0.3) is 10.9 Å². The summed E-state index contributed by atoms with van der Waals surface area (Å²) in [6, 6.07) is 17.7. The molecule has 0 spiro atoms. The number of carbonyl (C=O) groups is 3. The molecule has 5 N–H and O–H groups in total. The van der Waals surface area contributed by atoms with Gasteiger partial charge in [0.15, 0.2) is 11.6 Å². The van der Waals surface area contributed by atoms with E-state index in [4.69, 9.17) is 17.3 Å². The van der Waals surface area contributed by atoms with Crippen LogP contribution >= 0.6 is 18.7 Å². The van der Waals surface area contributed by atoms with Crippen molar-refractivity contribution in [3.8, 4) is 0 Å². The van der Waals surface area contributed by atoms with E-state index in [9.17, 15) is 18.9 Å². The highest BCUT2D eigenvalue weighted by Gasteiger charge is 2.30. The fraction of sp³-hybridized carbons (Fsp3) is 0.447. The van der Waals surface area contributed by atoms with Gasteiger partial charge in [0.05, 0.1) is 28.7 Å². The van der Waals surface area contributed by atoms with Crippen LogP contribution in [0.15, 0.2) is 60.8 Å². The molecule has 3 aliphatic rings. The van der Waals surface area contributed by atoms with Gasteiger partial charge in [-0.05, 0) is 106 Å². The number of imide groups is 1. The van der Waals surface area contributed by atoms with Crippen molar-refractivity contribution < 1.29 is 18.9 Å². The quantitative estimate of drug-likeness (QED) is 0.0596. The summed E-state index contributed by atoms with van der Waals surface area (Å²) in [5, 5.41) is 15.4. The van der Waals surface area contributed by atoms with E-state index in [-0.39, 0.29) is 18.3 Å². The van der Waals surface area contributed by atoms with Crippen molar-refractivity contribution in [3.05, 3.63) is 82.5 Å². The molecule has 5 aromatic rings. The topological polar surface area (TPSA) is 187 Å². The number of fused-ring (bicyclic) bond motifs is 1.